The Kier molecular flexibility index (Phi) is 5.26. The molecule has 17 heavy (non-hydrogen) atoms. The van der Waals surface area contributed by atoms with E-state index in [0.717, 1.165) is 32.5 Å². The van der Waals surface area contributed by atoms with Crippen LogP contribution in [0.2, 0.25) is 0 Å². The Morgan fingerprint density at radius 3 is 2.82 bits per heavy atom. The van der Waals surface area contributed by atoms with Crippen molar-refractivity contribution in [3.05, 3.63) is 0 Å². The zero-order chi connectivity index (χ0) is 12.1. The van der Waals surface area contributed by atoms with Gasteiger partial charge in [0.2, 0.25) is 0 Å². The molecule has 1 aliphatic carbocycles. The quantitative estimate of drug-likeness (QED) is 0.749. The molecule has 2 aliphatic rings. The predicted molar refractivity (Wildman–Crippen MR) is 69.1 cm³/mol. The first-order chi connectivity index (χ1) is 8.31. The molecule has 3 heteroatoms. The Balaban J connectivity index is 1.72. The van der Waals surface area contributed by atoms with Crippen molar-refractivity contribution in [1.82, 2.24) is 4.90 Å². The van der Waals surface area contributed by atoms with Crippen LogP contribution in [0.5, 0.6) is 0 Å². The van der Waals surface area contributed by atoms with Crippen molar-refractivity contribution in [3.63, 3.8) is 0 Å². The van der Waals surface area contributed by atoms with Crippen molar-refractivity contribution in [1.29, 1.82) is 0 Å². The highest BCUT2D eigenvalue weighted by molar-refractivity contribution is 4.88. The molecule has 1 heterocycles. The second-order valence-electron chi connectivity index (χ2n) is 5.55. The molecule has 1 saturated heterocycles. The third-order valence-corrected chi connectivity index (χ3v) is 4.19. The van der Waals surface area contributed by atoms with Crippen LogP contribution in [0, 0.1) is 0 Å². The van der Waals surface area contributed by atoms with Gasteiger partial charge in [0.15, 0.2) is 0 Å². The number of aliphatic hydroxyl groups is 1. The third kappa shape index (κ3) is 3.67. The lowest BCUT2D eigenvalue weighted by molar-refractivity contribution is 0.0131. The molecule has 1 N–H and O–H groups in total. The molecule has 0 aromatic rings. The van der Waals surface area contributed by atoms with Gasteiger partial charge in [-0.05, 0) is 25.7 Å². The number of hydrogen-bond acceptors (Lipinski definition) is 3. The van der Waals surface area contributed by atoms with Crippen LogP contribution in [0.4, 0.5) is 0 Å². The first-order valence-electron chi connectivity index (χ1n) is 7.35. The van der Waals surface area contributed by atoms with Gasteiger partial charge in [0.1, 0.15) is 0 Å². The van der Waals surface area contributed by atoms with E-state index in [1.807, 2.05) is 0 Å². The van der Waals surface area contributed by atoms with Gasteiger partial charge in [-0.15, -0.1) is 0 Å². The summed E-state index contributed by atoms with van der Waals surface area (Å²) in [5.41, 5.74) is 0. The van der Waals surface area contributed by atoms with Gasteiger partial charge in [-0.25, -0.2) is 0 Å². The molecular weight excluding hydrogens is 214 g/mol. The number of rotatable bonds is 5. The van der Waals surface area contributed by atoms with Gasteiger partial charge in [-0.1, -0.05) is 26.2 Å². The largest absolute Gasteiger partial charge is 0.391 e. The number of ether oxygens (including phenoxy) is 1. The van der Waals surface area contributed by atoms with Crippen LogP contribution < -0.4 is 0 Å². The number of hydrogen-bond donors (Lipinski definition) is 1. The molecule has 0 aromatic heterocycles. The van der Waals surface area contributed by atoms with Crippen molar-refractivity contribution in [2.75, 3.05) is 19.7 Å². The van der Waals surface area contributed by atoms with E-state index < -0.39 is 0 Å². The Hall–Kier alpha value is -0.120. The van der Waals surface area contributed by atoms with Crippen molar-refractivity contribution in [2.45, 2.75) is 70.1 Å². The fourth-order valence-electron chi connectivity index (χ4n) is 3.10. The third-order valence-electron chi connectivity index (χ3n) is 4.19. The van der Waals surface area contributed by atoms with Crippen molar-refractivity contribution in [3.8, 4) is 0 Å². The van der Waals surface area contributed by atoms with Gasteiger partial charge < -0.3 is 9.84 Å². The molecule has 2 rings (SSSR count). The standard InChI is InChI=1S/C14H27NO2/c1-2-3-10-17-12-8-9-15(11-12)13-6-4-5-7-14(13)16/h12-14,16H,2-11H2,1H3/t12-,13-,14+/m1/s1. The minimum absolute atomic E-state index is 0.0989. The molecule has 3 atom stereocenters. The molecule has 0 radical (unpaired) electrons. The van der Waals surface area contributed by atoms with Crippen molar-refractivity contribution in [2.24, 2.45) is 0 Å². The van der Waals surface area contributed by atoms with E-state index in [4.69, 9.17) is 4.74 Å². The summed E-state index contributed by atoms with van der Waals surface area (Å²) in [5.74, 6) is 0. The number of aliphatic hydroxyl groups excluding tert-OH is 1. The number of unbranched alkanes of at least 4 members (excludes halogenated alkanes) is 1. The van der Waals surface area contributed by atoms with Crippen LogP contribution in [0.3, 0.4) is 0 Å². The zero-order valence-electron chi connectivity index (χ0n) is 11.1. The van der Waals surface area contributed by atoms with Gasteiger partial charge in [-0.2, -0.15) is 0 Å². The molecular formula is C14H27NO2. The zero-order valence-corrected chi connectivity index (χ0v) is 11.1. The highest BCUT2D eigenvalue weighted by Crippen LogP contribution is 2.26. The van der Waals surface area contributed by atoms with Crippen LogP contribution >= 0.6 is 0 Å². The van der Waals surface area contributed by atoms with Gasteiger partial charge in [0, 0.05) is 25.7 Å². The maximum atomic E-state index is 10.0. The molecule has 0 bridgehead atoms. The Morgan fingerprint density at radius 1 is 1.24 bits per heavy atom. The van der Waals surface area contributed by atoms with E-state index in [1.165, 1.54) is 32.1 Å². The van der Waals surface area contributed by atoms with E-state index in [9.17, 15) is 5.11 Å². The molecule has 100 valence electrons. The van der Waals surface area contributed by atoms with Crippen LogP contribution in [-0.2, 0) is 4.74 Å². The summed E-state index contributed by atoms with van der Waals surface area (Å²) in [4.78, 5) is 2.46. The summed E-state index contributed by atoms with van der Waals surface area (Å²) < 4.78 is 5.88. The summed E-state index contributed by atoms with van der Waals surface area (Å²) in [5, 5.41) is 10.0. The highest BCUT2D eigenvalue weighted by Gasteiger charge is 2.33. The molecule has 0 aromatic carbocycles. The van der Waals surface area contributed by atoms with Crippen LogP contribution in [0.1, 0.15) is 51.9 Å². The molecule has 0 amide bonds. The maximum absolute atomic E-state index is 10.0. The Morgan fingerprint density at radius 2 is 2.06 bits per heavy atom. The second-order valence-corrected chi connectivity index (χ2v) is 5.55. The van der Waals surface area contributed by atoms with Gasteiger partial charge in [0.25, 0.3) is 0 Å². The van der Waals surface area contributed by atoms with Crippen LogP contribution in [0.15, 0.2) is 0 Å². The van der Waals surface area contributed by atoms with Crippen LogP contribution in [-0.4, -0.2) is 48.0 Å². The first-order valence-corrected chi connectivity index (χ1v) is 7.35. The number of likely N-dealkylation sites (tertiary alicyclic amines) is 1. The van der Waals surface area contributed by atoms with E-state index in [1.54, 1.807) is 0 Å². The molecule has 3 nitrogen and oxygen atoms in total. The molecule has 0 unspecified atom stereocenters. The monoisotopic (exact) mass is 241 g/mol. The van der Waals surface area contributed by atoms with Crippen LogP contribution in [0.25, 0.3) is 0 Å². The summed E-state index contributed by atoms with van der Waals surface area (Å²) in [7, 11) is 0. The lowest BCUT2D eigenvalue weighted by Gasteiger charge is -2.35. The molecule has 0 spiro atoms. The van der Waals surface area contributed by atoms with E-state index >= 15 is 0 Å². The van der Waals surface area contributed by atoms with Crippen molar-refractivity contribution < 1.29 is 9.84 Å². The van der Waals surface area contributed by atoms with E-state index in [2.05, 4.69) is 11.8 Å². The number of nitrogens with zero attached hydrogens (tertiary/aromatic N) is 1. The normalized spacial score (nSPS) is 35.3. The topological polar surface area (TPSA) is 32.7 Å². The maximum Gasteiger partial charge on any atom is 0.0714 e. The van der Waals surface area contributed by atoms with Gasteiger partial charge in [-0.3, -0.25) is 4.90 Å². The summed E-state index contributed by atoms with van der Waals surface area (Å²) >= 11 is 0. The highest BCUT2D eigenvalue weighted by atomic mass is 16.5. The fourth-order valence-corrected chi connectivity index (χ4v) is 3.10. The Labute approximate surface area is 105 Å². The summed E-state index contributed by atoms with van der Waals surface area (Å²) in [6.07, 6.45) is 8.47. The lowest BCUT2D eigenvalue weighted by Crippen LogP contribution is -2.44. The summed E-state index contributed by atoms with van der Waals surface area (Å²) in [6.45, 7) is 5.24. The average Bonchev–Trinajstić information content (AvgIpc) is 2.79. The molecule has 1 aliphatic heterocycles. The van der Waals surface area contributed by atoms with Gasteiger partial charge >= 0.3 is 0 Å². The second kappa shape index (κ2) is 6.72. The first kappa shape index (κ1) is 13.3. The van der Waals surface area contributed by atoms with Crippen molar-refractivity contribution >= 4 is 0 Å². The Bertz CT molecular complexity index is 222. The van der Waals surface area contributed by atoms with Gasteiger partial charge in [0.05, 0.1) is 12.2 Å². The predicted octanol–water partition coefficient (Wildman–Crippen LogP) is 2.18. The smallest absolute Gasteiger partial charge is 0.0714 e. The van der Waals surface area contributed by atoms with E-state index in [0.29, 0.717) is 12.1 Å². The SMILES string of the molecule is CCCCO[C@@H]1CCN([C@@H]2CCCC[C@@H]2O)C1. The summed E-state index contributed by atoms with van der Waals surface area (Å²) in [6, 6.07) is 0.406. The lowest BCUT2D eigenvalue weighted by atomic mass is 9.91. The fraction of sp³-hybridized carbons (Fsp3) is 1.00. The molecule has 2 fully saturated rings. The minimum Gasteiger partial charge on any atom is -0.391 e. The van der Waals surface area contributed by atoms with E-state index in [-0.39, 0.29) is 6.10 Å². The molecule has 1 saturated carbocycles. The average molecular weight is 241 g/mol. The minimum atomic E-state index is -0.0989.